The van der Waals surface area contributed by atoms with Crippen molar-refractivity contribution in [3.05, 3.63) is 42.1 Å². The number of carbonyl (C=O) groups excluding carboxylic acids is 1. The lowest BCUT2D eigenvalue weighted by atomic mass is 9.96. The van der Waals surface area contributed by atoms with Crippen molar-refractivity contribution >= 4 is 34.5 Å². The van der Waals surface area contributed by atoms with E-state index in [1.807, 2.05) is 48.1 Å². The third kappa shape index (κ3) is 5.66. The summed E-state index contributed by atoms with van der Waals surface area (Å²) in [4.78, 5) is 24.9. The van der Waals surface area contributed by atoms with Crippen molar-refractivity contribution < 1.29 is 4.79 Å². The second-order valence-corrected chi connectivity index (χ2v) is 9.56. The standard InChI is InChI=1S/C25H34N6OS/c1-3-17-33-25-28-22(30-14-9-6-10-15-30)21-18-27-31(23(21)29-25)16-13-26-24(32)20(4-2)19-11-7-5-8-12-19/h5,7-8,11-12,18,20H,3-4,6,9-10,13-17H2,1-2H3,(H,26,32). The van der Waals surface area contributed by atoms with E-state index in [4.69, 9.17) is 9.97 Å². The second kappa shape index (κ2) is 11.5. The van der Waals surface area contributed by atoms with Crippen LogP contribution in [0.4, 0.5) is 5.82 Å². The Morgan fingerprint density at radius 1 is 1.12 bits per heavy atom. The molecule has 0 radical (unpaired) electrons. The van der Waals surface area contributed by atoms with Gasteiger partial charge in [0.1, 0.15) is 5.82 Å². The fourth-order valence-corrected chi connectivity index (χ4v) is 5.04. The topological polar surface area (TPSA) is 75.9 Å². The molecule has 33 heavy (non-hydrogen) atoms. The fraction of sp³-hybridized carbons (Fsp3) is 0.520. The summed E-state index contributed by atoms with van der Waals surface area (Å²) in [5.74, 6) is 1.92. The molecule has 1 aliphatic rings. The van der Waals surface area contributed by atoms with E-state index in [0.29, 0.717) is 13.1 Å². The van der Waals surface area contributed by atoms with Gasteiger partial charge >= 0.3 is 0 Å². The van der Waals surface area contributed by atoms with Crippen LogP contribution >= 0.6 is 11.8 Å². The molecule has 176 valence electrons. The highest BCUT2D eigenvalue weighted by molar-refractivity contribution is 7.99. The zero-order chi connectivity index (χ0) is 23.0. The summed E-state index contributed by atoms with van der Waals surface area (Å²) >= 11 is 1.70. The molecule has 1 atom stereocenters. The van der Waals surface area contributed by atoms with Crippen molar-refractivity contribution in [2.45, 2.75) is 63.6 Å². The number of benzene rings is 1. The molecule has 0 aliphatic carbocycles. The predicted octanol–water partition coefficient (Wildman–Crippen LogP) is 4.63. The second-order valence-electron chi connectivity index (χ2n) is 8.49. The predicted molar refractivity (Wildman–Crippen MR) is 135 cm³/mol. The lowest BCUT2D eigenvalue weighted by molar-refractivity contribution is -0.122. The highest BCUT2D eigenvalue weighted by atomic mass is 32.2. The molecule has 2 aromatic heterocycles. The van der Waals surface area contributed by atoms with Crippen molar-refractivity contribution in [1.82, 2.24) is 25.1 Å². The fourth-order valence-electron chi connectivity index (χ4n) is 4.36. The van der Waals surface area contributed by atoms with Gasteiger partial charge < -0.3 is 10.2 Å². The van der Waals surface area contributed by atoms with Crippen molar-refractivity contribution in [1.29, 1.82) is 0 Å². The maximum atomic E-state index is 12.8. The molecule has 7 nitrogen and oxygen atoms in total. The van der Waals surface area contributed by atoms with Gasteiger partial charge in [-0.1, -0.05) is 55.9 Å². The number of piperidine rings is 1. The van der Waals surface area contributed by atoms with E-state index in [9.17, 15) is 4.79 Å². The van der Waals surface area contributed by atoms with Crippen LogP contribution in [0.15, 0.2) is 41.7 Å². The van der Waals surface area contributed by atoms with E-state index >= 15 is 0 Å². The first kappa shape index (κ1) is 23.5. The third-order valence-electron chi connectivity index (χ3n) is 6.10. The van der Waals surface area contributed by atoms with Crippen LogP contribution in [-0.2, 0) is 11.3 Å². The number of hydrogen-bond acceptors (Lipinski definition) is 6. The van der Waals surface area contributed by atoms with Gasteiger partial charge in [0.25, 0.3) is 0 Å². The Labute approximate surface area is 200 Å². The molecule has 1 fully saturated rings. The summed E-state index contributed by atoms with van der Waals surface area (Å²) < 4.78 is 1.91. The van der Waals surface area contributed by atoms with Crippen LogP contribution in [0.1, 0.15) is 57.4 Å². The Bertz CT molecular complexity index is 1050. The Kier molecular flexibility index (Phi) is 8.20. The monoisotopic (exact) mass is 466 g/mol. The number of amides is 1. The maximum Gasteiger partial charge on any atom is 0.227 e. The Hall–Kier alpha value is -2.61. The third-order valence-corrected chi connectivity index (χ3v) is 7.15. The van der Waals surface area contributed by atoms with Crippen molar-refractivity contribution in [2.75, 3.05) is 30.3 Å². The lowest BCUT2D eigenvalue weighted by Gasteiger charge is -2.28. The molecule has 0 bridgehead atoms. The average Bonchev–Trinajstić information content (AvgIpc) is 3.27. The molecule has 8 heteroatoms. The zero-order valence-electron chi connectivity index (χ0n) is 19.7. The quantitative estimate of drug-likeness (QED) is 0.347. The first-order valence-corrected chi connectivity index (χ1v) is 13.1. The Morgan fingerprint density at radius 2 is 1.91 bits per heavy atom. The van der Waals surface area contributed by atoms with Crippen molar-refractivity contribution in [3.8, 4) is 0 Å². The summed E-state index contributed by atoms with van der Waals surface area (Å²) in [6.45, 7) is 7.37. The van der Waals surface area contributed by atoms with E-state index < -0.39 is 0 Å². The van der Waals surface area contributed by atoms with Crippen molar-refractivity contribution in [2.24, 2.45) is 0 Å². The van der Waals surface area contributed by atoms with Crippen LogP contribution in [0.2, 0.25) is 0 Å². The molecule has 0 saturated carbocycles. The number of fused-ring (bicyclic) bond motifs is 1. The number of thioether (sulfide) groups is 1. The van der Waals surface area contributed by atoms with Gasteiger partial charge in [0.2, 0.25) is 5.91 Å². The number of nitrogens with zero attached hydrogens (tertiary/aromatic N) is 5. The van der Waals surface area contributed by atoms with Gasteiger partial charge in [0.15, 0.2) is 10.8 Å². The molecule has 1 saturated heterocycles. The zero-order valence-corrected chi connectivity index (χ0v) is 20.5. The van der Waals surface area contributed by atoms with Crippen molar-refractivity contribution in [3.63, 3.8) is 0 Å². The molecule has 0 spiro atoms. The molecule has 1 N–H and O–H groups in total. The Balaban J connectivity index is 1.50. The highest BCUT2D eigenvalue weighted by Gasteiger charge is 2.21. The average molecular weight is 467 g/mol. The molecule has 1 aromatic carbocycles. The van der Waals surface area contributed by atoms with Gasteiger partial charge in [-0.05, 0) is 37.7 Å². The van der Waals surface area contributed by atoms with Gasteiger partial charge in [-0.2, -0.15) is 5.10 Å². The molecule has 1 unspecified atom stereocenters. The maximum absolute atomic E-state index is 12.8. The molecule has 1 amide bonds. The number of carbonyl (C=O) groups is 1. The van der Waals surface area contributed by atoms with Gasteiger partial charge in [-0.3, -0.25) is 4.79 Å². The number of nitrogens with one attached hydrogen (secondary N) is 1. The summed E-state index contributed by atoms with van der Waals surface area (Å²) in [5, 5.41) is 9.53. The first-order chi connectivity index (χ1) is 16.2. The highest BCUT2D eigenvalue weighted by Crippen LogP contribution is 2.29. The van der Waals surface area contributed by atoms with Gasteiger partial charge in [0, 0.05) is 25.4 Å². The Morgan fingerprint density at radius 3 is 2.64 bits per heavy atom. The van der Waals surface area contributed by atoms with E-state index in [-0.39, 0.29) is 11.8 Å². The number of aromatic nitrogens is 4. The first-order valence-electron chi connectivity index (χ1n) is 12.1. The number of anilines is 1. The molecule has 4 rings (SSSR count). The van der Waals surface area contributed by atoms with Gasteiger partial charge in [-0.25, -0.2) is 14.6 Å². The van der Waals surface area contributed by atoms with Gasteiger partial charge in [-0.15, -0.1) is 0 Å². The van der Waals surface area contributed by atoms with E-state index in [1.165, 1.54) is 19.3 Å². The van der Waals surface area contributed by atoms with Crippen LogP contribution in [0, 0.1) is 0 Å². The summed E-state index contributed by atoms with van der Waals surface area (Å²) in [6.07, 6.45) is 7.41. The van der Waals surface area contributed by atoms with E-state index in [2.05, 4.69) is 22.2 Å². The smallest absolute Gasteiger partial charge is 0.227 e. The van der Waals surface area contributed by atoms with Crippen LogP contribution < -0.4 is 10.2 Å². The summed E-state index contributed by atoms with van der Waals surface area (Å²) in [6, 6.07) is 9.97. The van der Waals surface area contributed by atoms with Gasteiger partial charge in [0.05, 0.1) is 24.0 Å². The molecule has 3 heterocycles. The molecule has 1 aliphatic heterocycles. The minimum atomic E-state index is -0.134. The van der Waals surface area contributed by atoms with Crippen LogP contribution in [0.3, 0.4) is 0 Å². The molecule has 3 aromatic rings. The molecular formula is C25H34N6OS. The summed E-state index contributed by atoms with van der Waals surface area (Å²) in [7, 11) is 0. The molecular weight excluding hydrogens is 432 g/mol. The van der Waals surface area contributed by atoms with E-state index in [1.54, 1.807) is 11.8 Å². The largest absolute Gasteiger partial charge is 0.356 e. The van der Waals surface area contributed by atoms with Crippen LogP contribution in [-0.4, -0.2) is 51.0 Å². The number of hydrogen-bond donors (Lipinski definition) is 1. The van der Waals surface area contributed by atoms with Crippen LogP contribution in [0.5, 0.6) is 0 Å². The minimum Gasteiger partial charge on any atom is -0.356 e. The normalized spacial score (nSPS) is 15.0. The minimum absolute atomic E-state index is 0.0583. The number of rotatable bonds is 10. The van der Waals surface area contributed by atoms with E-state index in [0.717, 1.165) is 59.3 Å². The SMILES string of the molecule is CCCSc1nc(N2CCCCC2)c2cnn(CCNC(=O)C(CC)c3ccccc3)c2n1. The lowest BCUT2D eigenvalue weighted by Crippen LogP contribution is -2.32. The van der Waals surface area contributed by atoms with Crippen LogP contribution in [0.25, 0.3) is 11.0 Å². The summed E-state index contributed by atoms with van der Waals surface area (Å²) in [5.41, 5.74) is 1.91.